The number of hydrogen-bond donors (Lipinski definition) is 1. The van der Waals surface area contributed by atoms with E-state index >= 15 is 0 Å². The van der Waals surface area contributed by atoms with Crippen molar-refractivity contribution in [2.24, 2.45) is 0 Å². The summed E-state index contributed by atoms with van der Waals surface area (Å²) in [6.45, 7) is 7.89. The molecule has 2 aromatic rings. The van der Waals surface area contributed by atoms with Gasteiger partial charge in [-0.15, -0.1) is 11.3 Å². The summed E-state index contributed by atoms with van der Waals surface area (Å²) < 4.78 is 5.42. The molecule has 3 heterocycles. The molecule has 0 bridgehead atoms. The van der Waals surface area contributed by atoms with Crippen LogP contribution in [-0.4, -0.2) is 73.2 Å². The van der Waals surface area contributed by atoms with Gasteiger partial charge in [0.15, 0.2) is 0 Å². The lowest BCUT2D eigenvalue weighted by atomic mass is 10.1. The predicted octanol–water partition coefficient (Wildman–Crippen LogP) is 1.62. The van der Waals surface area contributed by atoms with Gasteiger partial charge in [-0.2, -0.15) is 0 Å². The number of piperazine rings is 1. The van der Waals surface area contributed by atoms with Gasteiger partial charge in [-0.3, -0.25) is 9.69 Å². The van der Waals surface area contributed by atoms with Crippen LogP contribution in [0.5, 0.6) is 0 Å². The molecule has 4 rings (SSSR count). The van der Waals surface area contributed by atoms with E-state index in [9.17, 15) is 4.79 Å². The number of ether oxygens (including phenoxy) is 1. The van der Waals surface area contributed by atoms with E-state index in [4.69, 9.17) is 9.72 Å². The molecule has 0 spiro atoms. The van der Waals surface area contributed by atoms with Crippen molar-refractivity contribution in [3.05, 3.63) is 40.9 Å². The first kappa shape index (κ1) is 18.6. The van der Waals surface area contributed by atoms with E-state index in [2.05, 4.69) is 34.5 Å². The minimum Gasteiger partial charge on any atom is -0.379 e. The Morgan fingerprint density at radius 2 is 2.00 bits per heavy atom. The number of aromatic nitrogens is 1. The van der Waals surface area contributed by atoms with Crippen molar-refractivity contribution in [2.75, 3.05) is 52.5 Å². The van der Waals surface area contributed by atoms with E-state index in [-0.39, 0.29) is 5.91 Å². The second-order valence-electron chi connectivity index (χ2n) is 7.04. The molecule has 0 atom stereocenters. The van der Waals surface area contributed by atoms with Gasteiger partial charge < -0.3 is 15.0 Å². The Hall–Kier alpha value is -1.80. The van der Waals surface area contributed by atoms with Crippen molar-refractivity contribution in [1.82, 2.24) is 20.1 Å². The molecule has 2 aliphatic rings. The van der Waals surface area contributed by atoms with Crippen LogP contribution in [-0.2, 0) is 22.5 Å². The summed E-state index contributed by atoms with van der Waals surface area (Å²) in [5, 5.41) is 6.28. The number of nitrogens with zero attached hydrogens (tertiary/aromatic N) is 3. The lowest BCUT2D eigenvalue weighted by Crippen LogP contribution is -2.46. The third-order valence-corrected chi connectivity index (χ3v) is 5.98. The van der Waals surface area contributed by atoms with Gasteiger partial charge in [-0.05, 0) is 11.6 Å². The van der Waals surface area contributed by atoms with Gasteiger partial charge in [-0.25, -0.2) is 4.98 Å². The maximum absolute atomic E-state index is 12.4. The third kappa shape index (κ3) is 4.93. The summed E-state index contributed by atoms with van der Waals surface area (Å²) in [4.78, 5) is 21.5. The molecule has 6 nitrogen and oxygen atoms in total. The molecule has 0 aliphatic carbocycles. The smallest absolute Gasteiger partial charge is 0.228 e. The maximum atomic E-state index is 12.4. The number of morpholine rings is 1. The summed E-state index contributed by atoms with van der Waals surface area (Å²) in [6.07, 6.45) is 0.393. The molecular weight excluding hydrogens is 360 g/mol. The molecule has 1 N–H and O–H groups in total. The van der Waals surface area contributed by atoms with Crippen molar-refractivity contribution in [3.63, 3.8) is 0 Å². The second-order valence-corrected chi connectivity index (χ2v) is 7.90. The summed E-state index contributed by atoms with van der Waals surface area (Å²) in [6, 6.07) is 8.58. The molecule has 2 fully saturated rings. The van der Waals surface area contributed by atoms with Crippen molar-refractivity contribution in [2.45, 2.75) is 13.0 Å². The van der Waals surface area contributed by atoms with Gasteiger partial charge in [0.1, 0.15) is 5.01 Å². The van der Waals surface area contributed by atoms with E-state index in [1.54, 1.807) is 11.3 Å². The van der Waals surface area contributed by atoms with Crippen LogP contribution >= 0.6 is 11.3 Å². The Morgan fingerprint density at radius 1 is 1.19 bits per heavy atom. The fourth-order valence-electron chi connectivity index (χ4n) is 3.52. The van der Waals surface area contributed by atoms with Crippen LogP contribution in [0.2, 0.25) is 0 Å². The Bertz CT molecular complexity index is 767. The summed E-state index contributed by atoms with van der Waals surface area (Å²) >= 11 is 1.62. The molecule has 144 valence electrons. The first-order valence-electron chi connectivity index (χ1n) is 9.60. The van der Waals surface area contributed by atoms with Crippen LogP contribution in [0.4, 0.5) is 0 Å². The summed E-state index contributed by atoms with van der Waals surface area (Å²) in [5.74, 6) is 0.175. The molecule has 1 aromatic carbocycles. The number of rotatable bonds is 5. The lowest BCUT2D eigenvalue weighted by molar-refractivity contribution is -0.131. The third-order valence-electron chi connectivity index (χ3n) is 5.04. The zero-order chi connectivity index (χ0) is 18.5. The van der Waals surface area contributed by atoms with Crippen molar-refractivity contribution in [1.29, 1.82) is 0 Å². The van der Waals surface area contributed by atoms with Crippen molar-refractivity contribution < 1.29 is 9.53 Å². The van der Waals surface area contributed by atoms with E-state index in [1.807, 2.05) is 10.3 Å². The summed E-state index contributed by atoms with van der Waals surface area (Å²) in [7, 11) is 0. The molecule has 0 saturated carbocycles. The zero-order valence-electron chi connectivity index (χ0n) is 15.5. The highest BCUT2D eigenvalue weighted by Gasteiger charge is 2.18. The Morgan fingerprint density at radius 3 is 2.81 bits per heavy atom. The van der Waals surface area contributed by atoms with E-state index < -0.39 is 0 Å². The van der Waals surface area contributed by atoms with Crippen LogP contribution in [0, 0.1) is 0 Å². The van der Waals surface area contributed by atoms with Crippen LogP contribution < -0.4 is 5.32 Å². The number of carbonyl (C=O) groups is 1. The van der Waals surface area contributed by atoms with Gasteiger partial charge in [-0.1, -0.05) is 18.2 Å². The lowest BCUT2D eigenvalue weighted by Gasteiger charge is -2.27. The van der Waals surface area contributed by atoms with Crippen LogP contribution in [0.3, 0.4) is 0 Å². The fourth-order valence-corrected chi connectivity index (χ4v) is 4.34. The standard InChI is InChI=1S/C20H26N4O2S/c25-19(24-6-4-21-5-7-24)13-18-15-27-20(22-18)17-3-1-2-16(12-17)14-23-8-10-26-11-9-23/h1-3,12,15,21H,4-11,13-14H2. The number of hydrogen-bond acceptors (Lipinski definition) is 6. The van der Waals surface area contributed by atoms with Gasteiger partial charge in [0.25, 0.3) is 0 Å². The van der Waals surface area contributed by atoms with E-state index in [0.717, 1.165) is 75.3 Å². The highest BCUT2D eigenvalue weighted by atomic mass is 32.1. The molecule has 0 unspecified atom stereocenters. The van der Waals surface area contributed by atoms with Crippen LogP contribution in [0.15, 0.2) is 29.6 Å². The number of benzene rings is 1. The van der Waals surface area contributed by atoms with Crippen molar-refractivity contribution in [3.8, 4) is 10.6 Å². The number of carbonyl (C=O) groups excluding carboxylic acids is 1. The maximum Gasteiger partial charge on any atom is 0.228 e. The predicted molar refractivity (Wildman–Crippen MR) is 107 cm³/mol. The highest BCUT2D eigenvalue weighted by Crippen LogP contribution is 2.25. The summed E-state index contributed by atoms with van der Waals surface area (Å²) in [5.41, 5.74) is 3.30. The van der Waals surface area contributed by atoms with Crippen LogP contribution in [0.25, 0.3) is 10.6 Å². The van der Waals surface area contributed by atoms with E-state index in [1.165, 1.54) is 5.56 Å². The zero-order valence-corrected chi connectivity index (χ0v) is 16.3. The molecule has 2 aliphatic heterocycles. The van der Waals surface area contributed by atoms with Gasteiger partial charge in [0, 0.05) is 56.8 Å². The quantitative estimate of drug-likeness (QED) is 0.846. The van der Waals surface area contributed by atoms with Crippen LogP contribution in [0.1, 0.15) is 11.3 Å². The Labute approximate surface area is 164 Å². The van der Waals surface area contributed by atoms with Gasteiger partial charge >= 0.3 is 0 Å². The molecule has 2 saturated heterocycles. The Kier molecular flexibility index (Phi) is 6.14. The monoisotopic (exact) mass is 386 g/mol. The van der Waals surface area contributed by atoms with Crippen molar-refractivity contribution >= 4 is 17.2 Å². The molecule has 0 radical (unpaired) electrons. The fraction of sp³-hybridized carbons (Fsp3) is 0.500. The minimum absolute atomic E-state index is 0.175. The molecule has 7 heteroatoms. The van der Waals surface area contributed by atoms with Gasteiger partial charge in [0.2, 0.25) is 5.91 Å². The number of nitrogens with one attached hydrogen (secondary N) is 1. The Balaban J connectivity index is 1.40. The molecule has 1 amide bonds. The first-order chi connectivity index (χ1) is 13.3. The molecule has 27 heavy (non-hydrogen) atoms. The number of thiazole rings is 1. The average Bonchev–Trinajstić information content (AvgIpc) is 3.18. The SMILES string of the molecule is O=C(Cc1csc(-c2cccc(CN3CCOCC3)c2)n1)N1CCNCC1. The first-order valence-corrected chi connectivity index (χ1v) is 10.5. The topological polar surface area (TPSA) is 57.7 Å². The number of amides is 1. The van der Waals surface area contributed by atoms with Gasteiger partial charge in [0.05, 0.1) is 25.3 Å². The second kappa shape index (κ2) is 8.93. The molecular formula is C20H26N4O2S. The highest BCUT2D eigenvalue weighted by molar-refractivity contribution is 7.13. The minimum atomic E-state index is 0.175. The van der Waals surface area contributed by atoms with E-state index in [0.29, 0.717) is 6.42 Å². The molecule has 1 aromatic heterocycles. The normalized spacial score (nSPS) is 18.6. The average molecular weight is 387 g/mol. The largest absolute Gasteiger partial charge is 0.379 e.